The average molecular weight is 431 g/mol. The quantitative estimate of drug-likeness (QED) is 0.601. The molecule has 3 heterocycles. The molecule has 1 aliphatic rings. The van der Waals surface area contributed by atoms with Crippen LogP contribution in [0.4, 0.5) is 0 Å². The molecule has 2 unspecified atom stereocenters. The number of amides is 1. The second-order valence-electron chi connectivity index (χ2n) is 7.38. The Bertz CT molecular complexity index is 908. The molecule has 3 aromatic rings. The average Bonchev–Trinajstić information content (AvgIpc) is 3.46. The third kappa shape index (κ3) is 5.30. The molecule has 30 heavy (non-hydrogen) atoms. The zero-order valence-corrected chi connectivity index (χ0v) is 17.5. The molecule has 2 aromatic heterocycles. The van der Waals surface area contributed by atoms with E-state index in [2.05, 4.69) is 10.4 Å². The molecule has 0 bridgehead atoms. The Morgan fingerprint density at radius 2 is 2.10 bits per heavy atom. The van der Waals surface area contributed by atoms with E-state index in [0.29, 0.717) is 18.0 Å². The molecule has 0 aliphatic carbocycles. The Morgan fingerprint density at radius 3 is 2.80 bits per heavy atom. The molecule has 8 heteroatoms. The van der Waals surface area contributed by atoms with E-state index >= 15 is 0 Å². The maximum atomic E-state index is 13.2. The molecule has 1 aromatic carbocycles. The molecule has 7 nitrogen and oxygen atoms in total. The third-order valence-corrected chi connectivity index (χ3v) is 5.24. The number of aromatic nitrogens is 2. The zero-order chi connectivity index (χ0) is 20.1. The lowest BCUT2D eigenvalue weighted by Gasteiger charge is -2.25. The fourth-order valence-electron chi connectivity index (χ4n) is 3.68. The maximum Gasteiger partial charge on any atom is 0.274 e. The molecular formula is C22H27ClN4O3. The molecule has 4 rings (SSSR count). The highest BCUT2D eigenvalue weighted by molar-refractivity contribution is 5.92. The van der Waals surface area contributed by atoms with Crippen molar-refractivity contribution in [2.45, 2.75) is 31.5 Å². The number of carbonyl (C=O) groups is 1. The predicted molar refractivity (Wildman–Crippen MR) is 115 cm³/mol. The van der Waals surface area contributed by atoms with Gasteiger partial charge in [-0.2, -0.15) is 5.10 Å². The van der Waals surface area contributed by atoms with E-state index in [0.717, 1.165) is 31.5 Å². The summed E-state index contributed by atoms with van der Waals surface area (Å²) in [6, 6.07) is 15.2. The lowest BCUT2D eigenvalue weighted by molar-refractivity contribution is 0.0556. The van der Waals surface area contributed by atoms with Gasteiger partial charge in [-0.3, -0.25) is 9.48 Å². The number of nitrogens with zero attached hydrogens (tertiary/aromatic N) is 3. The van der Waals surface area contributed by atoms with Gasteiger partial charge in [0.15, 0.2) is 0 Å². The lowest BCUT2D eigenvalue weighted by Crippen LogP contribution is -2.35. The van der Waals surface area contributed by atoms with Crippen LogP contribution in [0.15, 0.2) is 65.4 Å². The van der Waals surface area contributed by atoms with Gasteiger partial charge in [0.05, 0.1) is 18.8 Å². The number of piperidine rings is 1. The van der Waals surface area contributed by atoms with Gasteiger partial charge in [0, 0.05) is 19.3 Å². The van der Waals surface area contributed by atoms with Crippen LogP contribution in [0.3, 0.4) is 0 Å². The van der Waals surface area contributed by atoms with Crippen molar-refractivity contribution >= 4 is 18.3 Å². The first-order chi connectivity index (χ1) is 14.2. The van der Waals surface area contributed by atoms with E-state index in [1.165, 1.54) is 6.26 Å². The van der Waals surface area contributed by atoms with Crippen molar-refractivity contribution in [3.05, 3.63) is 78.0 Å². The van der Waals surface area contributed by atoms with Gasteiger partial charge >= 0.3 is 0 Å². The fourth-order valence-corrected chi connectivity index (χ4v) is 3.68. The van der Waals surface area contributed by atoms with Gasteiger partial charge in [-0.1, -0.05) is 30.3 Å². The number of nitrogens with one attached hydrogen (secondary N) is 1. The minimum Gasteiger partial charge on any atom is -0.467 e. The molecule has 1 aliphatic heterocycles. The van der Waals surface area contributed by atoms with Gasteiger partial charge in [0.1, 0.15) is 17.6 Å². The van der Waals surface area contributed by atoms with Gasteiger partial charge in [-0.15, -0.1) is 12.4 Å². The van der Waals surface area contributed by atoms with Crippen molar-refractivity contribution < 1.29 is 14.3 Å². The van der Waals surface area contributed by atoms with E-state index in [9.17, 15) is 9.90 Å². The summed E-state index contributed by atoms with van der Waals surface area (Å²) in [5.41, 5.74) is 1.38. The van der Waals surface area contributed by atoms with Crippen LogP contribution in [0.1, 0.15) is 46.8 Å². The molecule has 0 spiro atoms. The Balaban J connectivity index is 0.00000256. The predicted octanol–water partition coefficient (Wildman–Crippen LogP) is 3.20. The van der Waals surface area contributed by atoms with Gasteiger partial charge < -0.3 is 19.7 Å². The van der Waals surface area contributed by atoms with Crippen LogP contribution in [-0.4, -0.2) is 45.3 Å². The Morgan fingerprint density at radius 1 is 1.27 bits per heavy atom. The zero-order valence-electron chi connectivity index (χ0n) is 16.7. The second kappa shape index (κ2) is 10.4. The number of aliphatic hydroxyl groups excluding tert-OH is 1. The summed E-state index contributed by atoms with van der Waals surface area (Å²) in [7, 11) is 0. The number of carbonyl (C=O) groups excluding carboxylic acids is 1. The lowest BCUT2D eigenvalue weighted by atomic mass is 10.1. The smallest absolute Gasteiger partial charge is 0.274 e. The van der Waals surface area contributed by atoms with Crippen LogP contribution < -0.4 is 5.32 Å². The monoisotopic (exact) mass is 430 g/mol. The number of aliphatic hydroxyl groups is 1. The topological polar surface area (TPSA) is 83.5 Å². The number of hydrogen-bond donors (Lipinski definition) is 2. The number of hydrogen-bond acceptors (Lipinski definition) is 5. The molecule has 2 atom stereocenters. The molecule has 1 saturated heterocycles. The molecule has 0 radical (unpaired) electrons. The van der Waals surface area contributed by atoms with Crippen molar-refractivity contribution in [1.29, 1.82) is 0 Å². The standard InChI is InChI=1S/C22H26N4O3.ClH/c27-20(21-9-5-13-29-21)16-25(15-17-6-2-1-3-7-17)22(28)19-10-12-26(24-19)18-8-4-11-23-14-18;/h1-3,5-7,9-10,12-13,18,20,23,27H,4,8,11,14-16H2;1H. The summed E-state index contributed by atoms with van der Waals surface area (Å²) in [6.45, 7) is 2.40. The minimum absolute atomic E-state index is 0. The highest BCUT2D eigenvalue weighted by Crippen LogP contribution is 2.20. The van der Waals surface area contributed by atoms with Crippen molar-refractivity contribution in [2.75, 3.05) is 19.6 Å². The number of halogens is 1. The molecular weight excluding hydrogens is 404 g/mol. The normalized spacial score (nSPS) is 17.2. The Kier molecular flexibility index (Phi) is 7.68. The van der Waals surface area contributed by atoms with Gasteiger partial charge in [-0.25, -0.2) is 0 Å². The molecule has 1 amide bonds. The first kappa shape index (κ1) is 22.1. The van der Waals surface area contributed by atoms with Crippen LogP contribution in [0, 0.1) is 0 Å². The second-order valence-corrected chi connectivity index (χ2v) is 7.38. The SMILES string of the molecule is Cl.O=C(c1ccn(C2CCCNC2)n1)N(Cc1ccccc1)CC(O)c1ccco1. The van der Waals surface area contributed by atoms with Crippen molar-refractivity contribution in [3.8, 4) is 0 Å². The van der Waals surface area contributed by atoms with E-state index in [-0.39, 0.29) is 30.9 Å². The van der Waals surface area contributed by atoms with Crippen LogP contribution in [0.5, 0.6) is 0 Å². The number of furan rings is 1. The van der Waals surface area contributed by atoms with Gasteiger partial charge in [-0.05, 0) is 43.1 Å². The van der Waals surface area contributed by atoms with Crippen molar-refractivity contribution in [3.63, 3.8) is 0 Å². The van der Waals surface area contributed by atoms with Crippen LogP contribution >= 0.6 is 12.4 Å². The first-order valence-electron chi connectivity index (χ1n) is 10.0. The van der Waals surface area contributed by atoms with Gasteiger partial charge in [0.2, 0.25) is 0 Å². The molecule has 160 valence electrons. The van der Waals surface area contributed by atoms with E-state index < -0.39 is 6.10 Å². The van der Waals surface area contributed by atoms with Gasteiger partial charge in [0.25, 0.3) is 5.91 Å². The largest absolute Gasteiger partial charge is 0.467 e. The summed E-state index contributed by atoms with van der Waals surface area (Å²) in [6.07, 6.45) is 4.63. The number of rotatable bonds is 7. The summed E-state index contributed by atoms with van der Waals surface area (Å²) in [5.74, 6) is 0.233. The fraction of sp³-hybridized carbons (Fsp3) is 0.364. The molecule has 2 N–H and O–H groups in total. The van der Waals surface area contributed by atoms with E-state index in [4.69, 9.17) is 4.42 Å². The van der Waals surface area contributed by atoms with Crippen molar-refractivity contribution in [2.24, 2.45) is 0 Å². The summed E-state index contributed by atoms with van der Waals surface area (Å²) in [5, 5.41) is 18.5. The Hall–Kier alpha value is -2.61. The number of benzene rings is 1. The van der Waals surface area contributed by atoms with E-state index in [1.807, 2.05) is 41.2 Å². The minimum atomic E-state index is -0.901. The van der Waals surface area contributed by atoms with E-state index in [1.54, 1.807) is 23.1 Å². The van der Waals surface area contributed by atoms with Crippen molar-refractivity contribution in [1.82, 2.24) is 20.0 Å². The highest BCUT2D eigenvalue weighted by Gasteiger charge is 2.24. The summed E-state index contributed by atoms with van der Waals surface area (Å²) >= 11 is 0. The van der Waals surface area contributed by atoms with Crippen LogP contribution in [0.2, 0.25) is 0 Å². The highest BCUT2D eigenvalue weighted by atomic mass is 35.5. The molecule has 0 saturated carbocycles. The Labute approximate surface area is 182 Å². The maximum absolute atomic E-state index is 13.2. The summed E-state index contributed by atoms with van der Waals surface area (Å²) < 4.78 is 7.18. The van der Waals surface area contributed by atoms with Crippen LogP contribution in [0.25, 0.3) is 0 Å². The third-order valence-electron chi connectivity index (χ3n) is 5.24. The first-order valence-corrected chi connectivity index (χ1v) is 10.0. The van der Waals surface area contributed by atoms with Crippen LogP contribution in [-0.2, 0) is 6.54 Å². The molecule has 1 fully saturated rings. The summed E-state index contributed by atoms with van der Waals surface area (Å²) in [4.78, 5) is 14.9.